The number of benzene rings is 2. The van der Waals surface area contributed by atoms with E-state index < -0.39 is 17.8 Å². The third kappa shape index (κ3) is 5.54. The molecular weight excluding hydrogens is 474 g/mol. The molecule has 196 valence electrons. The number of hydrogen-bond donors (Lipinski definition) is 1. The molecule has 0 saturated heterocycles. The van der Waals surface area contributed by atoms with Crippen molar-refractivity contribution < 1.29 is 33.6 Å². The Bertz CT molecular complexity index is 1220. The van der Waals surface area contributed by atoms with Crippen LogP contribution in [0.4, 0.5) is 0 Å². The normalized spacial score (nSPS) is 21.2. The maximum atomic E-state index is 13.8. The highest BCUT2D eigenvalue weighted by Crippen LogP contribution is 2.47. The monoisotopic (exact) mass is 507 g/mol. The van der Waals surface area contributed by atoms with Crippen LogP contribution in [0.2, 0.25) is 0 Å². The molecule has 8 nitrogen and oxygen atoms in total. The molecule has 2 aliphatic rings. The van der Waals surface area contributed by atoms with E-state index >= 15 is 0 Å². The van der Waals surface area contributed by atoms with E-state index in [0.29, 0.717) is 42.0 Å². The molecule has 1 unspecified atom stereocenters. The third-order valence-electron chi connectivity index (χ3n) is 6.92. The second-order valence-corrected chi connectivity index (χ2v) is 9.19. The number of hydrogen-bond acceptors (Lipinski definition) is 8. The number of Topliss-reactive ketones (excluding diaryl/α,β-unsaturated/α-hetero) is 1. The summed E-state index contributed by atoms with van der Waals surface area (Å²) in [6, 6.07) is 12.7. The number of aliphatic imine (C=N–C) groups is 1. The van der Waals surface area contributed by atoms with Crippen molar-refractivity contribution >= 4 is 17.5 Å². The topological polar surface area (TPSA) is 104 Å². The van der Waals surface area contributed by atoms with E-state index in [4.69, 9.17) is 23.9 Å². The van der Waals surface area contributed by atoms with Crippen LogP contribution in [0.5, 0.6) is 17.2 Å². The van der Waals surface area contributed by atoms with Gasteiger partial charge in [0.15, 0.2) is 11.5 Å². The van der Waals surface area contributed by atoms with Crippen LogP contribution in [0, 0.1) is 5.92 Å². The minimum atomic E-state index is -0.609. The van der Waals surface area contributed by atoms with Gasteiger partial charge >= 0.3 is 5.97 Å². The van der Waals surface area contributed by atoms with Crippen molar-refractivity contribution in [2.45, 2.75) is 38.5 Å². The Morgan fingerprint density at radius 1 is 1.03 bits per heavy atom. The second kappa shape index (κ2) is 11.6. The zero-order valence-corrected chi connectivity index (χ0v) is 21.7. The predicted octanol–water partition coefficient (Wildman–Crippen LogP) is 4.56. The van der Waals surface area contributed by atoms with Gasteiger partial charge in [0.25, 0.3) is 0 Å². The molecule has 0 radical (unpaired) electrons. The van der Waals surface area contributed by atoms with Crippen LogP contribution in [0.25, 0.3) is 0 Å². The van der Waals surface area contributed by atoms with Gasteiger partial charge in [0.05, 0.1) is 31.8 Å². The first-order chi connectivity index (χ1) is 17.9. The minimum Gasteiger partial charge on any atom is -0.504 e. The van der Waals surface area contributed by atoms with E-state index in [1.54, 1.807) is 26.2 Å². The van der Waals surface area contributed by atoms with Crippen LogP contribution in [0.15, 0.2) is 58.7 Å². The Balaban J connectivity index is 1.75. The van der Waals surface area contributed by atoms with Crippen LogP contribution in [0.3, 0.4) is 0 Å². The number of carbonyl (C=O) groups excluding carboxylic acids is 2. The first kappa shape index (κ1) is 26.4. The lowest BCUT2D eigenvalue weighted by atomic mass is 9.66. The molecule has 1 aliphatic heterocycles. The van der Waals surface area contributed by atoms with Crippen molar-refractivity contribution in [3.05, 3.63) is 64.9 Å². The van der Waals surface area contributed by atoms with Gasteiger partial charge in [-0.15, -0.1) is 0 Å². The number of ether oxygens (including phenoxy) is 4. The molecule has 1 heterocycles. The van der Waals surface area contributed by atoms with Crippen LogP contribution in [-0.2, 0) is 19.1 Å². The van der Waals surface area contributed by atoms with Gasteiger partial charge in [-0.2, -0.15) is 0 Å². The Labute approximate surface area is 216 Å². The molecule has 1 fully saturated rings. The highest BCUT2D eigenvalue weighted by molar-refractivity contribution is 6.12. The molecule has 4 rings (SSSR count). The smallest absolute Gasteiger partial charge is 0.336 e. The van der Waals surface area contributed by atoms with Gasteiger partial charge in [0, 0.05) is 30.9 Å². The fraction of sp³-hybridized carbons (Fsp3) is 0.414. The average Bonchev–Trinajstić information content (AvgIpc) is 2.89. The molecule has 2 aromatic carbocycles. The number of aromatic hydroxyl groups is 1. The SMILES string of the molecule is CCOc1cc([C@@H]2C(C(=O)OCCOC)=C(C)N=C3C[C@@H](c4ccc(OC)cc4)CC(=O)C32)ccc1O. The van der Waals surface area contributed by atoms with Gasteiger partial charge in [-0.05, 0) is 61.6 Å². The van der Waals surface area contributed by atoms with Crippen LogP contribution in [-0.4, -0.2) is 56.6 Å². The number of phenols is 1. The van der Waals surface area contributed by atoms with Crippen LogP contribution in [0.1, 0.15) is 49.7 Å². The molecule has 0 aromatic heterocycles. The molecule has 3 atom stereocenters. The Hall–Kier alpha value is -3.65. The van der Waals surface area contributed by atoms with Gasteiger partial charge in [-0.3, -0.25) is 9.79 Å². The lowest BCUT2D eigenvalue weighted by Crippen LogP contribution is -2.41. The molecule has 8 heteroatoms. The molecule has 37 heavy (non-hydrogen) atoms. The number of esters is 1. The van der Waals surface area contributed by atoms with Crippen molar-refractivity contribution in [1.29, 1.82) is 0 Å². The van der Waals surface area contributed by atoms with Gasteiger partial charge < -0.3 is 24.1 Å². The summed E-state index contributed by atoms with van der Waals surface area (Å²) in [5.41, 5.74) is 3.34. The van der Waals surface area contributed by atoms with Crippen molar-refractivity contribution in [2.75, 3.05) is 34.0 Å². The van der Waals surface area contributed by atoms with Gasteiger partial charge in [0.1, 0.15) is 18.1 Å². The predicted molar refractivity (Wildman–Crippen MR) is 138 cm³/mol. The average molecular weight is 508 g/mol. The molecule has 0 amide bonds. The molecule has 0 spiro atoms. The van der Waals surface area contributed by atoms with Gasteiger partial charge in [-0.1, -0.05) is 18.2 Å². The molecular formula is C29H33NO7. The van der Waals surface area contributed by atoms with Gasteiger partial charge in [-0.25, -0.2) is 4.79 Å². The summed E-state index contributed by atoms with van der Waals surface area (Å²) in [6.07, 6.45) is 0.924. The Morgan fingerprint density at radius 3 is 2.43 bits per heavy atom. The molecule has 1 N–H and O–H groups in total. The lowest BCUT2D eigenvalue weighted by Gasteiger charge is -2.38. The summed E-state index contributed by atoms with van der Waals surface area (Å²) in [6.45, 7) is 4.31. The van der Waals surface area contributed by atoms with E-state index in [1.807, 2.05) is 31.2 Å². The summed E-state index contributed by atoms with van der Waals surface area (Å²) in [5, 5.41) is 10.3. The van der Waals surface area contributed by atoms with Gasteiger partial charge in [0.2, 0.25) is 0 Å². The number of nitrogens with zero attached hydrogens (tertiary/aromatic N) is 1. The maximum Gasteiger partial charge on any atom is 0.336 e. The number of carbonyl (C=O) groups is 2. The zero-order chi connectivity index (χ0) is 26.5. The Kier molecular flexibility index (Phi) is 8.28. The maximum absolute atomic E-state index is 13.8. The minimum absolute atomic E-state index is 0.00485. The second-order valence-electron chi connectivity index (χ2n) is 9.19. The highest BCUT2D eigenvalue weighted by Gasteiger charge is 2.46. The largest absolute Gasteiger partial charge is 0.504 e. The first-order valence-electron chi connectivity index (χ1n) is 12.4. The summed E-state index contributed by atoms with van der Waals surface area (Å²) < 4.78 is 21.4. The highest BCUT2D eigenvalue weighted by atomic mass is 16.6. The van der Waals surface area contributed by atoms with Crippen LogP contribution < -0.4 is 9.47 Å². The molecule has 1 saturated carbocycles. The van der Waals surface area contributed by atoms with E-state index in [1.165, 1.54) is 13.2 Å². The van der Waals surface area contributed by atoms with Crippen molar-refractivity contribution in [3.8, 4) is 17.2 Å². The van der Waals surface area contributed by atoms with Crippen molar-refractivity contribution in [1.82, 2.24) is 0 Å². The summed E-state index contributed by atoms with van der Waals surface area (Å²) in [4.78, 5) is 31.8. The summed E-state index contributed by atoms with van der Waals surface area (Å²) in [7, 11) is 3.15. The fourth-order valence-corrected chi connectivity index (χ4v) is 5.20. The quantitative estimate of drug-likeness (QED) is 0.392. The zero-order valence-electron chi connectivity index (χ0n) is 21.7. The number of phenolic OH excluding ortho intramolecular Hbond substituents is 1. The van der Waals surface area contributed by atoms with E-state index in [9.17, 15) is 14.7 Å². The molecule has 2 aromatic rings. The number of rotatable bonds is 9. The number of ketones is 1. The third-order valence-corrected chi connectivity index (χ3v) is 6.92. The number of methoxy groups -OCH3 is 2. The summed E-state index contributed by atoms with van der Waals surface area (Å²) >= 11 is 0. The first-order valence-corrected chi connectivity index (χ1v) is 12.4. The fourth-order valence-electron chi connectivity index (χ4n) is 5.20. The van der Waals surface area contributed by atoms with Crippen molar-refractivity contribution in [3.63, 3.8) is 0 Å². The standard InChI is InChI=1S/C29H33NO7/c1-5-36-25-16-19(8-11-23(25)31)27-26(29(33)37-13-12-34-3)17(2)30-22-14-20(15-24(32)28(22)27)18-6-9-21(35-4)10-7-18/h6-11,16,20,27-28,31H,5,12-15H2,1-4H3/t20-,27-,28?/m1/s1. The molecule has 0 bridgehead atoms. The summed E-state index contributed by atoms with van der Waals surface area (Å²) in [5.74, 6) is -0.700. The van der Waals surface area contributed by atoms with E-state index in [2.05, 4.69) is 0 Å². The number of allylic oxidation sites excluding steroid dienone is 1. The number of fused-ring (bicyclic) bond motifs is 1. The van der Waals surface area contributed by atoms with Crippen LogP contribution >= 0.6 is 0 Å². The molecule has 1 aliphatic carbocycles. The van der Waals surface area contributed by atoms with E-state index in [0.717, 1.165) is 17.0 Å². The lowest BCUT2D eigenvalue weighted by molar-refractivity contribution is -0.140. The van der Waals surface area contributed by atoms with Crippen molar-refractivity contribution in [2.24, 2.45) is 10.9 Å². The Morgan fingerprint density at radius 2 is 1.76 bits per heavy atom. The van der Waals surface area contributed by atoms with E-state index in [-0.39, 0.29) is 30.7 Å².